The molecule has 2 aromatic heterocycles. The number of carbonyl (C=O) groups is 9. The van der Waals surface area contributed by atoms with E-state index in [0.29, 0.717) is 84.6 Å². The summed E-state index contributed by atoms with van der Waals surface area (Å²) in [6.07, 6.45) is 4.88. The molecule has 7 rings (SSSR count). The first-order valence-corrected chi connectivity index (χ1v) is 27.6. The Hall–Kier alpha value is -7.42. The lowest BCUT2D eigenvalue weighted by atomic mass is 9.90. The standard InChI is InChI=1S/C57H70N6O14S/c1-6-33(2)40-28-53(69)63(57(40)73)20-9-7-8-11-50(66)58-30-51(67)59-34(3)55(72)60-39-14-12-35(13-15-39)23-36-24-41(36)43(64)16-18-52(68)62-31-38-26-47(75-5)56(61-42(38)32-62)77-22-10-21-76-46-25-37-27-49(44(65)17-19-54(70)71)78-48(37)29-45(46)74-4/h12-15,25-27,29,33-34,36,40-41H,6-11,16-24,28,30-32H2,1-5H3,(H,58,66)(H,59,67)(H,60,72)(H,70,71)/t33?,34-,36?,40?,41?/m0/s1. The molecule has 5 atom stereocenters. The number of anilines is 1. The van der Waals surface area contributed by atoms with Gasteiger partial charge in [0.2, 0.25) is 35.4 Å². The lowest BCUT2D eigenvalue weighted by molar-refractivity contribution is -0.140. The van der Waals surface area contributed by atoms with Gasteiger partial charge in [0, 0.05) is 79.9 Å². The van der Waals surface area contributed by atoms with Crippen LogP contribution in [0.3, 0.4) is 0 Å². The van der Waals surface area contributed by atoms with Crippen LogP contribution in [-0.2, 0) is 57.9 Å². The number of fused-ring (bicyclic) bond motifs is 2. The molecule has 20 nitrogen and oxygen atoms in total. The third-order valence-electron chi connectivity index (χ3n) is 14.6. The number of pyridine rings is 1. The summed E-state index contributed by atoms with van der Waals surface area (Å²) in [5.41, 5.74) is 3.06. The van der Waals surface area contributed by atoms with Crippen LogP contribution in [0.1, 0.15) is 124 Å². The van der Waals surface area contributed by atoms with Gasteiger partial charge in [-0.25, -0.2) is 4.98 Å². The number of ether oxygens (including phenoxy) is 4. The van der Waals surface area contributed by atoms with E-state index < -0.39 is 23.8 Å². The maximum absolute atomic E-state index is 13.4. The molecular formula is C57H70N6O14S. The maximum Gasteiger partial charge on any atom is 0.303 e. The summed E-state index contributed by atoms with van der Waals surface area (Å²) in [6.45, 7) is 6.73. The highest BCUT2D eigenvalue weighted by molar-refractivity contribution is 7.20. The van der Waals surface area contributed by atoms with Gasteiger partial charge in [0.05, 0.1) is 57.5 Å². The lowest BCUT2D eigenvalue weighted by Gasteiger charge is -2.17. The number of carboxylic acids is 1. The Morgan fingerprint density at radius 1 is 0.821 bits per heavy atom. The molecule has 1 aliphatic carbocycles. The number of amides is 6. The third kappa shape index (κ3) is 15.6. The number of aromatic nitrogens is 1. The quantitative estimate of drug-likeness (QED) is 0.0229. The van der Waals surface area contributed by atoms with Crippen LogP contribution >= 0.6 is 11.3 Å². The smallest absolute Gasteiger partial charge is 0.303 e. The second-order valence-electron chi connectivity index (χ2n) is 20.3. The summed E-state index contributed by atoms with van der Waals surface area (Å²) in [4.78, 5) is 121. The van der Waals surface area contributed by atoms with Crippen molar-refractivity contribution in [3.05, 3.63) is 70.2 Å². The molecule has 78 heavy (non-hydrogen) atoms. The van der Waals surface area contributed by atoms with Crippen molar-refractivity contribution in [3.63, 3.8) is 0 Å². The van der Waals surface area contributed by atoms with E-state index in [-0.39, 0.29) is 124 Å². The zero-order chi connectivity index (χ0) is 56.0. The van der Waals surface area contributed by atoms with Gasteiger partial charge in [-0.2, -0.15) is 0 Å². The van der Waals surface area contributed by atoms with Gasteiger partial charge in [-0.3, -0.25) is 48.1 Å². The number of Topliss-reactive ketones (excluding diaryl/α,β-unsaturated/α-hetero) is 2. The number of benzene rings is 2. The number of carboxylic acid groups (broad SMARTS) is 1. The van der Waals surface area contributed by atoms with Gasteiger partial charge in [0.15, 0.2) is 23.0 Å². The van der Waals surface area contributed by atoms with E-state index in [1.165, 1.54) is 30.5 Å². The molecule has 0 radical (unpaired) electrons. The van der Waals surface area contributed by atoms with Crippen LogP contribution in [0.4, 0.5) is 5.69 Å². The van der Waals surface area contributed by atoms with Gasteiger partial charge in [-0.1, -0.05) is 38.8 Å². The molecule has 4 aromatic rings. The zero-order valence-electron chi connectivity index (χ0n) is 44.9. The number of nitrogens with one attached hydrogen (secondary N) is 3. The lowest BCUT2D eigenvalue weighted by Crippen LogP contribution is -2.45. The molecule has 1 saturated heterocycles. The summed E-state index contributed by atoms with van der Waals surface area (Å²) in [7, 11) is 3.04. The first kappa shape index (κ1) is 58.3. The van der Waals surface area contributed by atoms with E-state index in [0.717, 1.165) is 34.1 Å². The highest BCUT2D eigenvalue weighted by atomic mass is 32.1. The van der Waals surface area contributed by atoms with Crippen LogP contribution in [0.5, 0.6) is 23.1 Å². The summed E-state index contributed by atoms with van der Waals surface area (Å²) in [5.74, 6) is -1.19. The van der Waals surface area contributed by atoms with E-state index in [9.17, 15) is 43.2 Å². The van der Waals surface area contributed by atoms with E-state index in [4.69, 9.17) is 24.1 Å². The van der Waals surface area contributed by atoms with Crippen molar-refractivity contribution in [3.8, 4) is 23.1 Å². The Bertz CT molecular complexity index is 2890. The van der Waals surface area contributed by atoms with Crippen LogP contribution < -0.4 is 34.9 Å². The van der Waals surface area contributed by atoms with Crippen molar-refractivity contribution in [2.45, 2.75) is 123 Å². The van der Waals surface area contributed by atoms with Gasteiger partial charge in [-0.15, -0.1) is 11.3 Å². The number of carbonyl (C=O) groups excluding carboxylic acids is 8. The van der Waals surface area contributed by atoms with Crippen LogP contribution in [0.2, 0.25) is 0 Å². The van der Waals surface area contributed by atoms with Crippen molar-refractivity contribution >= 4 is 80.1 Å². The number of methoxy groups -OCH3 is 2. The third-order valence-corrected chi connectivity index (χ3v) is 15.7. The molecule has 0 spiro atoms. The predicted molar refractivity (Wildman–Crippen MR) is 288 cm³/mol. The van der Waals surface area contributed by atoms with E-state index in [2.05, 4.69) is 20.9 Å². The van der Waals surface area contributed by atoms with Gasteiger partial charge in [-0.05, 0) is 91.3 Å². The maximum atomic E-state index is 13.4. The number of aliphatic carboxylic acids is 1. The number of imide groups is 1. The first-order chi connectivity index (χ1) is 37.4. The molecule has 21 heteroatoms. The first-order valence-electron chi connectivity index (χ1n) is 26.7. The molecule has 2 aliphatic heterocycles. The zero-order valence-corrected chi connectivity index (χ0v) is 45.8. The van der Waals surface area contributed by atoms with E-state index >= 15 is 0 Å². The minimum atomic E-state index is -1.03. The van der Waals surface area contributed by atoms with Crippen LogP contribution in [-0.4, -0.2) is 119 Å². The Morgan fingerprint density at radius 3 is 2.31 bits per heavy atom. The molecule has 4 heterocycles. The summed E-state index contributed by atoms with van der Waals surface area (Å²) in [6, 6.07) is 13.5. The number of thiophene rings is 1. The van der Waals surface area contributed by atoms with Gasteiger partial charge in [0.1, 0.15) is 11.8 Å². The van der Waals surface area contributed by atoms with Gasteiger partial charge >= 0.3 is 5.97 Å². The van der Waals surface area contributed by atoms with Crippen LogP contribution in [0.15, 0.2) is 48.5 Å². The molecule has 418 valence electrons. The monoisotopic (exact) mass is 1090 g/mol. The Labute approximate surface area is 457 Å². The number of hydrogen-bond acceptors (Lipinski definition) is 15. The molecule has 2 fully saturated rings. The largest absolute Gasteiger partial charge is 0.493 e. The fourth-order valence-electron chi connectivity index (χ4n) is 9.65. The highest BCUT2D eigenvalue weighted by Gasteiger charge is 2.43. The summed E-state index contributed by atoms with van der Waals surface area (Å²) in [5, 5.41) is 17.7. The Balaban J connectivity index is 0.752. The molecule has 0 bridgehead atoms. The molecule has 3 aliphatic rings. The summed E-state index contributed by atoms with van der Waals surface area (Å²) >= 11 is 1.27. The number of hydrogen-bond donors (Lipinski definition) is 4. The molecule has 4 N–H and O–H groups in total. The van der Waals surface area contributed by atoms with Gasteiger partial charge in [0.25, 0.3) is 5.88 Å². The molecular weight excluding hydrogens is 1020 g/mol. The average Bonchev–Trinajstić information content (AvgIpc) is 3.71. The predicted octanol–water partition coefficient (Wildman–Crippen LogP) is 6.82. The molecule has 6 amide bonds. The van der Waals surface area contributed by atoms with E-state index in [1.807, 2.05) is 32.0 Å². The van der Waals surface area contributed by atoms with Crippen molar-refractivity contribution in [2.75, 3.05) is 45.8 Å². The Morgan fingerprint density at radius 2 is 1.58 bits per heavy atom. The SMILES string of the molecule is CCC(C)C1CC(=O)N(CCCCCC(=O)NCC(=O)N[C@@H](C)C(=O)Nc2ccc(CC3CC3C(=O)CCC(=O)N3Cc4cc(OC)c(OCCCOc5cc6cc(C(=O)CCC(=O)O)sc6cc5OC)nc4C3)cc2)C1=O. The van der Waals surface area contributed by atoms with E-state index in [1.54, 1.807) is 42.2 Å². The van der Waals surface area contributed by atoms with Crippen LogP contribution in [0, 0.1) is 23.7 Å². The Kier molecular flexibility index (Phi) is 20.4. The molecule has 1 saturated carbocycles. The fourth-order valence-corrected chi connectivity index (χ4v) is 10.7. The van der Waals surface area contributed by atoms with Crippen LogP contribution in [0.25, 0.3) is 10.1 Å². The minimum absolute atomic E-state index is 0.0581. The van der Waals surface area contributed by atoms with Gasteiger partial charge < -0.3 is 44.9 Å². The highest BCUT2D eigenvalue weighted by Crippen LogP contribution is 2.43. The average molecular weight is 1100 g/mol. The van der Waals surface area contributed by atoms with Crippen molar-refractivity contribution in [1.29, 1.82) is 0 Å². The van der Waals surface area contributed by atoms with Crippen molar-refractivity contribution in [2.24, 2.45) is 23.7 Å². The molecule has 2 aromatic carbocycles. The summed E-state index contributed by atoms with van der Waals surface area (Å²) < 4.78 is 23.9. The number of nitrogens with zero attached hydrogens (tertiary/aromatic N) is 3. The number of likely N-dealkylation sites (tertiary alicyclic amines) is 1. The number of rotatable bonds is 31. The normalized spacial score (nSPS) is 17.3. The fraction of sp³-hybridized carbons (Fsp3) is 0.509. The second kappa shape index (κ2) is 27.3. The minimum Gasteiger partial charge on any atom is -0.493 e. The van der Waals surface area contributed by atoms with Crippen molar-refractivity contribution < 1.29 is 67.2 Å². The second-order valence-corrected chi connectivity index (χ2v) is 21.4. The topological polar surface area (TPSA) is 266 Å². The number of unbranched alkanes of at least 4 members (excludes halogenated alkanes) is 2. The molecule has 4 unspecified atom stereocenters. The number of ketones is 2. The van der Waals surface area contributed by atoms with Crippen molar-refractivity contribution in [1.82, 2.24) is 25.4 Å².